The Bertz CT molecular complexity index is 238. The second kappa shape index (κ2) is 5.17. The molecule has 0 aromatic rings. The maximum atomic E-state index is 11.8. The van der Waals surface area contributed by atoms with Crippen molar-refractivity contribution in [2.75, 3.05) is 6.61 Å². The van der Waals surface area contributed by atoms with Crippen LogP contribution in [0.5, 0.6) is 0 Å². The first kappa shape index (κ1) is 11.9. The van der Waals surface area contributed by atoms with Crippen LogP contribution in [0.1, 0.15) is 46.0 Å². The third-order valence-electron chi connectivity index (χ3n) is 3.71. The Hall–Kier alpha value is -0.570. The van der Waals surface area contributed by atoms with Crippen molar-refractivity contribution in [2.45, 2.75) is 58.0 Å². The highest BCUT2D eigenvalue weighted by molar-refractivity contribution is 5.76. The van der Waals surface area contributed by atoms with Crippen LogP contribution in [0, 0.1) is 11.8 Å². The number of carbonyl (C=O) groups excluding carboxylic acids is 1. The zero-order valence-corrected chi connectivity index (χ0v) is 10.4. The molecule has 1 saturated carbocycles. The molecule has 3 nitrogen and oxygen atoms in total. The average molecular weight is 225 g/mol. The summed E-state index contributed by atoms with van der Waals surface area (Å²) in [5, 5.41) is 3.44. The molecule has 0 radical (unpaired) electrons. The SMILES string of the molecule is CC(C)COC(=O)C1CC2CCCCC2N1. The van der Waals surface area contributed by atoms with E-state index in [2.05, 4.69) is 19.2 Å². The van der Waals surface area contributed by atoms with Crippen LogP contribution in [0.4, 0.5) is 0 Å². The van der Waals surface area contributed by atoms with E-state index in [1.807, 2.05) is 0 Å². The van der Waals surface area contributed by atoms with Crippen LogP contribution < -0.4 is 5.32 Å². The summed E-state index contributed by atoms with van der Waals surface area (Å²) in [5.41, 5.74) is 0. The minimum atomic E-state index is -0.0388. The van der Waals surface area contributed by atoms with Gasteiger partial charge in [0.1, 0.15) is 6.04 Å². The van der Waals surface area contributed by atoms with Gasteiger partial charge in [-0.05, 0) is 31.1 Å². The van der Waals surface area contributed by atoms with Crippen LogP contribution in [0.3, 0.4) is 0 Å². The Balaban J connectivity index is 1.80. The van der Waals surface area contributed by atoms with E-state index >= 15 is 0 Å². The smallest absolute Gasteiger partial charge is 0.323 e. The third kappa shape index (κ3) is 2.76. The van der Waals surface area contributed by atoms with Gasteiger partial charge >= 0.3 is 5.97 Å². The molecule has 3 heteroatoms. The summed E-state index contributed by atoms with van der Waals surface area (Å²) >= 11 is 0. The molecule has 2 rings (SSSR count). The van der Waals surface area contributed by atoms with Crippen molar-refractivity contribution in [2.24, 2.45) is 11.8 Å². The van der Waals surface area contributed by atoms with Crippen LogP contribution in [-0.2, 0) is 9.53 Å². The summed E-state index contributed by atoms with van der Waals surface area (Å²) < 4.78 is 5.29. The van der Waals surface area contributed by atoms with E-state index in [0.29, 0.717) is 24.5 Å². The lowest BCUT2D eigenvalue weighted by atomic mass is 9.85. The predicted octanol–water partition coefficient (Wildman–Crippen LogP) is 2.11. The topological polar surface area (TPSA) is 38.3 Å². The molecule has 1 saturated heterocycles. The molecule has 1 heterocycles. The molecular weight excluding hydrogens is 202 g/mol. The highest BCUT2D eigenvalue weighted by atomic mass is 16.5. The number of carbonyl (C=O) groups is 1. The fourth-order valence-corrected chi connectivity index (χ4v) is 2.85. The number of fused-ring (bicyclic) bond motifs is 1. The van der Waals surface area contributed by atoms with E-state index in [-0.39, 0.29) is 12.0 Å². The molecule has 1 aliphatic carbocycles. The molecule has 92 valence electrons. The molecule has 0 bridgehead atoms. The molecule has 0 aromatic heterocycles. The van der Waals surface area contributed by atoms with Crippen molar-refractivity contribution in [3.63, 3.8) is 0 Å². The van der Waals surface area contributed by atoms with Crippen LogP contribution >= 0.6 is 0 Å². The lowest BCUT2D eigenvalue weighted by Gasteiger charge is -2.24. The van der Waals surface area contributed by atoms with Crippen molar-refractivity contribution in [3.05, 3.63) is 0 Å². The molecule has 0 aromatic carbocycles. The number of hydrogen-bond donors (Lipinski definition) is 1. The molecule has 1 N–H and O–H groups in total. The van der Waals surface area contributed by atoms with Gasteiger partial charge in [-0.2, -0.15) is 0 Å². The monoisotopic (exact) mass is 225 g/mol. The molecule has 2 aliphatic rings. The van der Waals surface area contributed by atoms with Crippen molar-refractivity contribution in [1.82, 2.24) is 5.32 Å². The maximum absolute atomic E-state index is 11.8. The zero-order chi connectivity index (χ0) is 11.5. The maximum Gasteiger partial charge on any atom is 0.323 e. The summed E-state index contributed by atoms with van der Waals surface area (Å²) in [5.74, 6) is 1.10. The lowest BCUT2D eigenvalue weighted by molar-refractivity contribution is -0.146. The number of rotatable bonds is 3. The van der Waals surface area contributed by atoms with E-state index in [9.17, 15) is 4.79 Å². The first-order valence-electron chi connectivity index (χ1n) is 6.59. The average Bonchev–Trinajstić information content (AvgIpc) is 2.69. The molecule has 3 atom stereocenters. The van der Waals surface area contributed by atoms with Gasteiger partial charge in [0.25, 0.3) is 0 Å². The molecule has 0 spiro atoms. The standard InChI is InChI=1S/C13H23NO2/c1-9(2)8-16-13(15)12-7-10-5-3-4-6-11(10)14-12/h9-12,14H,3-8H2,1-2H3. The van der Waals surface area contributed by atoms with Gasteiger partial charge in [0.2, 0.25) is 0 Å². The van der Waals surface area contributed by atoms with Gasteiger partial charge in [0, 0.05) is 6.04 Å². The van der Waals surface area contributed by atoms with E-state index in [0.717, 1.165) is 6.42 Å². The van der Waals surface area contributed by atoms with Crippen LogP contribution in [0.25, 0.3) is 0 Å². The van der Waals surface area contributed by atoms with Crippen molar-refractivity contribution < 1.29 is 9.53 Å². The fourth-order valence-electron chi connectivity index (χ4n) is 2.85. The minimum Gasteiger partial charge on any atom is -0.464 e. The normalized spacial score (nSPS) is 33.8. The van der Waals surface area contributed by atoms with Gasteiger partial charge in [-0.25, -0.2) is 0 Å². The van der Waals surface area contributed by atoms with E-state index in [1.54, 1.807) is 0 Å². The minimum absolute atomic E-state index is 0.0353. The van der Waals surface area contributed by atoms with Crippen molar-refractivity contribution in [3.8, 4) is 0 Å². The van der Waals surface area contributed by atoms with Gasteiger partial charge in [-0.15, -0.1) is 0 Å². The summed E-state index contributed by atoms with van der Waals surface area (Å²) in [6.45, 7) is 4.68. The van der Waals surface area contributed by atoms with Crippen LogP contribution in [0.15, 0.2) is 0 Å². The van der Waals surface area contributed by atoms with E-state index in [1.165, 1.54) is 25.7 Å². The van der Waals surface area contributed by atoms with Crippen molar-refractivity contribution >= 4 is 5.97 Å². The Kier molecular flexibility index (Phi) is 3.85. The highest BCUT2D eigenvalue weighted by Gasteiger charge is 2.38. The predicted molar refractivity (Wildman–Crippen MR) is 63.1 cm³/mol. The Morgan fingerprint density at radius 1 is 1.38 bits per heavy atom. The Labute approximate surface area is 97.9 Å². The van der Waals surface area contributed by atoms with Gasteiger partial charge in [-0.1, -0.05) is 26.7 Å². The van der Waals surface area contributed by atoms with Gasteiger partial charge in [-0.3, -0.25) is 4.79 Å². The fraction of sp³-hybridized carbons (Fsp3) is 0.923. The quantitative estimate of drug-likeness (QED) is 0.748. The molecule has 2 fully saturated rings. The second-order valence-electron chi connectivity index (χ2n) is 5.63. The zero-order valence-electron chi connectivity index (χ0n) is 10.4. The summed E-state index contributed by atoms with van der Waals surface area (Å²) in [4.78, 5) is 11.8. The molecule has 3 unspecified atom stereocenters. The third-order valence-corrected chi connectivity index (χ3v) is 3.71. The number of esters is 1. The second-order valence-corrected chi connectivity index (χ2v) is 5.63. The Morgan fingerprint density at radius 2 is 2.12 bits per heavy atom. The number of hydrogen-bond acceptors (Lipinski definition) is 3. The largest absolute Gasteiger partial charge is 0.464 e. The Morgan fingerprint density at radius 3 is 2.81 bits per heavy atom. The summed E-state index contributed by atoms with van der Waals surface area (Å²) in [6, 6.07) is 0.539. The van der Waals surface area contributed by atoms with Crippen molar-refractivity contribution in [1.29, 1.82) is 0 Å². The number of nitrogens with one attached hydrogen (secondary N) is 1. The van der Waals surface area contributed by atoms with E-state index in [4.69, 9.17) is 4.74 Å². The van der Waals surface area contributed by atoms with Gasteiger partial charge in [0.05, 0.1) is 6.61 Å². The van der Waals surface area contributed by atoms with Crippen LogP contribution in [-0.4, -0.2) is 24.7 Å². The first-order chi connectivity index (χ1) is 7.66. The molecule has 1 aliphatic heterocycles. The van der Waals surface area contributed by atoms with Gasteiger partial charge < -0.3 is 10.1 Å². The molecule has 16 heavy (non-hydrogen) atoms. The molecular formula is C13H23NO2. The highest BCUT2D eigenvalue weighted by Crippen LogP contribution is 2.33. The van der Waals surface area contributed by atoms with Gasteiger partial charge in [0.15, 0.2) is 0 Å². The molecule has 0 amide bonds. The summed E-state index contributed by atoms with van der Waals surface area (Å²) in [6.07, 6.45) is 6.14. The number of ether oxygens (including phenoxy) is 1. The summed E-state index contributed by atoms with van der Waals surface area (Å²) in [7, 11) is 0. The lowest BCUT2D eigenvalue weighted by Crippen LogP contribution is -2.38. The van der Waals surface area contributed by atoms with E-state index < -0.39 is 0 Å². The van der Waals surface area contributed by atoms with Crippen LogP contribution in [0.2, 0.25) is 0 Å². The first-order valence-corrected chi connectivity index (χ1v) is 6.59.